The van der Waals surface area contributed by atoms with Crippen LogP contribution in [0, 0.1) is 6.92 Å². The van der Waals surface area contributed by atoms with E-state index in [4.69, 9.17) is 9.26 Å². The average Bonchev–Trinajstić information content (AvgIpc) is 3.10. The van der Waals surface area contributed by atoms with E-state index in [0.717, 1.165) is 23.7 Å². The maximum Gasteiger partial charge on any atom is 0.316 e. The van der Waals surface area contributed by atoms with Gasteiger partial charge in [0.1, 0.15) is 5.76 Å². The van der Waals surface area contributed by atoms with Gasteiger partial charge in [-0.1, -0.05) is 36.3 Å². The molecule has 1 heterocycles. The number of thioether (sulfide) groups is 1. The van der Waals surface area contributed by atoms with Gasteiger partial charge in [0.2, 0.25) is 5.91 Å². The van der Waals surface area contributed by atoms with E-state index in [1.54, 1.807) is 13.0 Å². The molecule has 1 aromatic heterocycles. The van der Waals surface area contributed by atoms with Crippen LogP contribution in [0.3, 0.4) is 0 Å². The second kappa shape index (κ2) is 11.3. The van der Waals surface area contributed by atoms with Crippen LogP contribution in [-0.2, 0) is 25.5 Å². The van der Waals surface area contributed by atoms with E-state index >= 15 is 0 Å². The number of rotatable bonds is 10. The van der Waals surface area contributed by atoms with E-state index in [1.807, 2.05) is 31.2 Å². The van der Waals surface area contributed by atoms with Crippen LogP contribution >= 0.6 is 11.8 Å². The lowest BCUT2D eigenvalue weighted by Gasteiger charge is -2.15. The average molecular weight is 420 g/mol. The Bertz CT molecular complexity index is 835. The number of nitrogens with one attached hydrogen (secondary N) is 2. The Hall–Kier alpha value is -2.81. The predicted octanol–water partition coefficient (Wildman–Crippen LogP) is 2.64. The van der Waals surface area contributed by atoms with Crippen LogP contribution in [0.5, 0.6) is 0 Å². The molecule has 0 saturated carbocycles. The zero-order chi connectivity index (χ0) is 21.2. The Balaban J connectivity index is 1.62. The van der Waals surface area contributed by atoms with Crippen molar-refractivity contribution in [1.29, 1.82) is 0 Å². The van der Waals surface area contributed by atoms with Gasteiger partial charge in [0.15, 0.2) is 12.4 Å². The molecule has 8 nitrogen and oxygen atoms in total. The maximum absolute atomic E-state index is 12.0. The van der Waals surface area contributed by atoms with Crippen molar-refractivity contribution in [2.75, 3.05) is 23.4 Å². The fourth-order valence-corrected chi connectivity index (χ4v) is 3.04. The minimum atomic E-state index is -0.560. The molecule has 0 unspecified atom stereocenters. The molecule has 0 aliphatic carbocycles. The Kier molecular flexibility index (Phi) is 8.72. The lowest BCUT2D eigenvalue weighted by atomic mass is 10.1. The van der Waals surface area contributed by atoms with Crippen molar-refractivity contribution in [2.45, 2.75) is 33.2 Å². The molecule has 0 spiro atoms. The molecular formula is C20H25N3O5S. The number of ether oxygens (including phenoxy) is 1. The van der Waals surface area contributed by atoms with Crippen LogP contribution in [0.2, 0.25) is 0 Å². The van der Waals surface area contributed by atoms with Crippen molar-refractivity contribution < 1.29 is 23.6 Å². The van der Waals surface area contributed by atoms with Crippen molar-refractivity contribution >= 4 is 35.4 Å². The second-order valence-electron chi connectivity index (χ2n) is 6.41. The topological polar surface area (TPSA) is 111 Å². The largest absolute Gasteiger partial charge is 0.455 e. The summed E-state index contributed by atoms with van der Waals surface area (Å²) in [5.74, 6) is -0.320. The summed E-state index contributed by atoms with van der Waals surface area (Å²) in [7, 11) is 0. The van der Waals surface area contributed by atoms with Gasteiger partial charge in [0.25, 0.3) is 5.91 Å². The molecule has 2 amide bonds. The molecule has 9 heteroatoms. The van der Waals surface area contributed by atoms with Crippen LogP contribution in [0.25, 0.3) is 0 Å². The minimum absolute atomic E-state index is 0.0351. The maximum atomic E-state index is 12.0. The standard InChI is InChI=1S/C20H25N3O5S/c1-4-15-5-7-16(8-6-15)14(3)21-18(24)10-27-20(26)12-29-11-19(25)22-17-9-13(2)28-23-17/h5-9,14H,4,10-12H2,1-3H3,(H,21,24)(H,22,23,25)/t14-/m0/s1. The van der Waals surface area contributed by atoms with Crippen LogP contribution in [0.4, 0.5) is 5.82 Å². The molecular weight excluding hydrogens is 394 g/mol. The first-order valence-corrected chi connectivity index (χ1v) is 10.4. The number of esters is 1. The molecule has 0 aliphatic heterocycles. The van der Waals surface area contributed by atoms with Crippen molar-refractivity contribution in [2.24, 2.45) is 0 Å². The molecule has 2 aromatic rings. The lowest BCUT2D eigenvalue weighted by Crippen LogP contribution is -2.31. The quantitative estimate of drug-likeness (QED) is 0.570. The zero-order valence-electron chi connectivity index (χ0n) is 16.7. The Labute approximate surface area is 173 Å². The SMILES string of the molecule is CCc1ccc([C@H](C)NC(=O)COC(=O)CSCC(=O)Nc2cc(C)on2)cc1. The van der Waals surface area contributed by atoms with E-state index in [0.29, 0.717) is 11.6 Å². The number of nitrogens with zero attached hydrogens (tertiary/aromatic N) is 1. The highest BCUT2D eigenvalue weighted by Crippen LogP contribution is 2.13. The third-order valence-corrected chi connectivity index (χ3v) is 4.88. The normalized spacial score (nSPS) is 11.6. The van der Waals surface area contributed by atoms with E-state index < -0.39 is 5.97 Å². The highest BCUT2D eigenvalue weighted by Gasteiger charge is 2.13. The van der Waals surface area contributed by atoms with Crippen molar-refractivity contribution in [3.05, 3.63) is 47.2 Å². The number of aromatic nitrogens is 1. The summed E-state index contributed by atoms with van der Waals surface area (Å²) in [4.78, 5) is 35.4. The number of carbonyl (C=O) groups excluding carboxylic acids is 3. The first-order chi connectivity index (χ1) is 13.9. The van der Waals surface area contributed by atoms with Crippen molar-refractivity contribution in [3.63, 3.8) is 0 Å². The highest BCUT2D eigenvalue weighted by atomic mass is 32.2. The molecule has 0 aliphatic rings. The van der Waals surface area contributed by atoms with Gasteiger partial charge >= 0.3 is 5.97 Å². The fraction of sp³-hybridized carbons (Fsp3) is 0.400. The molecule has 2 rings (SSSR count). The number of carbonyl (C=O) groups is 3. The van der Waals surface area contributed by atoms with Crippen molar-refractivity contribution in [1.82, 2.24) is 10.5 Å². The second-order valence-corrected chi connectivity index (χ2v) is 7.39. The Morgan fingerprint density at radius 2 is 1.90 bits per heavy atom. The van der Waals surface area contributed by atoms with Gasteiger partial charge in [-0.2, -0.15) is 0 Å². The zero-order valence-corrected chi connectivity index (χ0v) is 17.5. The third kappa shape index (κ3) is 7.98. The van der Waals surface area contributed by atoms with Crippen LogP contribution in [0.1, 0.15) is 36.8 Å². The number of hydrogen-bond acceptors (Lipinski definition) is 7. The van der Waals surface area contributed by atoms with Gasteiger partial charge in [0, 0.05) is 6.07 Å². The first-order valence-electron chi connectivity index (χ1n) is 9.22. The first kappa shape index (κ1) is 22.5. The molecule has 0 fully saturated rings. The summed E-state index contributed by atoms with van der Waals surface area (Å²) in [6.45, 7) is 5.30. The van der Waals surface area contributed by atoms with Crippen molar-refractivity contribution in [3.8, 4) is 0 Å². The monoisotopic (exact) mass is 419 g/mol. The molecule has 1 atom stereocenters. The number of aryl methyl sites for hydroxylation is 2. The number of hydrogen-bond donors (Lipinski definition) is 2. The van der Waals surface area contributed by atoms with Crippen LogP contribution < -0.4 is 10.6 Å². The third-order valence-electron chi connectivity index (χ3n) is 3.98. The summed E-state index contributed by atoms with van der Waals surface area (Å²) in [6.07, 6.45) is 0.955. The Morgan fingerprint density at radius 1 is 1.17 bits per heavy atom. The van der Waals surface area contributed by atoms with Gasteiger partial charge in [-0.3, -0.25) is 14.4 Å². The van der Waals surface area contributed by atoms with E-state index in [-0.39, 0.29) is 36.0 Å². The fourth-order valence-electron chi connectivity index (χ4n) is 2.43. The molecule has 156 valence electrons. The van der Waals surface area contributed by atoms with E-state index in [2.05, 4.69) is 22.7 Å². The smallest absolute Gasteiger partial charge is 0.316 e. The van der Waals surface area contributed by atoms with Gasteiger partial charge in [0.05, 0.1) is 17.5 Å². The summed E-state index contributed by atoms with van der Waals surface area (Å²) >= 11 is 1.08. The predicted molar refractivity (Wildman–Crippen MR) is 111 cm³/mol. The molecule has 29 heavy (non-hydrogen) atoms. The van der Waals surface area contributed by atoms with E-state index in [9.17, 15) is 14.4 Å². The van der Waals surface area contributed by atoms with E-state index in [1.165, 1.54) is 5.56 Å². The van der Waals surface area contributed by atoms with Crippen LogP contribution in [0.15, 0.2) is 34.9 Å². The highest BCUT2D eigenvalue weighted by molar-refractivity contribution is 8.00. The lowest BCUT2D eigenvalue weighted by molar-refractivity contribution is -0.146. The van der Waals surface area contributed by atoms with Gasteiger partial charge in [-0.05, 0) is 31.4 Å². The summed E-state index contributed by atoms with van der Waals surface area (Å²) in [5, 5.41) is 8.99. The Morgan fingerprint density at radius 3 is 2.52 bits per heavy atom. The molecule has 0 radical (unpaired) electrons. The number of anilines is 1. The van der Waals surface area contributed by atoms with Gasteiger partial charge < -0.3 is 19.9 Å². The summed E-state index contributed by atoms with van der Waals surface area (Å²) < 4.78 is 9.79. The van der Waals surface area contributed by atoms with Gasteiger partial charge in [-0.25, -0.2) is 0 Å². The summed E-state index contributed by atoms with van der Waals surface area (Å²) in [5.41, 5.74) is 2.20. The number of amides is 2. The molecule has 2 N–H and O–H groups in total. The molecule has 0 saturated heterocycles. The number of benzene rings is 1. The molecule has 1 aromatic carbocycles. The molecule has 0 bridgehead atoms. The minimum Gasteiger partial charge on any atom is -0.455 e. The van der Waals surface area contributed by atoms with Crippen LogP contribution in [-0.4, -0.2) is 41.1 Å². The van der Waals surface area contributed by atoms with Gasteiger partial charge in [-0.15, -0.1) is 11.8 Å². The summed E-state index contributed by atoms with van der Waals surface area (Å²) in [6, 6.07) is 9.39.